The molecule has 1 atom stereocenters. The molecule has 2 aromatic carbocycles. The van der Waals surface area contributed by atoms with Crippen molar-refractivity contribution in [3.05, 3.63) is 59.3 Å². The van der Waals surface area contributed by atoms with Gasteiger partial charge in [0.2, 0.25) is 0 Å². The molecule has 10 nitrogen and oxygen atoms in total. The van der Waals surface area contributed by atoms with Crippen LogP contribution < -0.4 is 9.62 Å². The third-order valence-corrected chi connectivity index (χ3v) is 6.17. The zero-order valence-corrected chi connectivity index (χ0v) is 15.4. The highest BCUT2D eigenvalue weighted by Gasteiger charge is 2.46. The van der Waals surface area contributed by atoms with Crippen molar-refractivity contribution in [3.8, 4) is 0 Å². The number of aliphatic hydroxyl groups excluding tert-OH is 1. The van der Waals surface area contributed by atoms with Crippen LogP contribution in [0.2, 0.25) is 0 Å². The molecule has 2 heterocycles. The fourth-order valence-electron chi connectivity index (χ4n) is 3.41. The van der Waals surface area contributed by atoms with Gasteiger partial charge in [0.05, 0.1) is 17.0 Å². The van der Waals surface area contributed by atoms with Crippen molar-refractivity contribution in [1.29, 1.82) is 0 Å². The number of benzene rings is 2. The number of fused-ring (bicyclic) bond motifs is 2. The molecule has 0 aliphatic carbocycles. The largest absolute Gasteiger partial charge is 0.382 e. The molecule has 4 N–H and O–H groups in total. The number of carbonyl (C=O) groups is 1. The summed E-state index contributed by atoms with van der Waals surface area (Å²) in [4.78, 5) is 11.7. The first-order valence-corrected chi connectivity index (χ1v) is 10.6. The summed E-state index contributed by atoms with van der Waals surface area (Å²) in [6, 6.07) is 9.57. The van der Waals surface area contributed by atoms with E-state index in [1.165, 1.54) is 18.2 Å². The number of nitrogens with zero attached hydrogens (tertiary/aromatic N) is 1. The van der Waals surface area contributed by atoms with Crippen molar-refractivity contribution >= 4 is 43.3 Å². The van der Waals surface area contributed by atoms with Gasteiger partial charge < -0.3 is 10.4 Å². The maximum atomic E-state index is 12.5. The summed E-state index contributed by atoms with van der Waals surface area (Å²) in [5.74, 6) is -0.745. The molecule has 1 amide bonds. The van der Waals surface area contributed by atoms with Crippen molar-refractivity contribution in [3.63, 3.8) is 0 Å². The number of amides is 1. The van der Waals surface area contributed by atoms with Gasteiger partial charge in [0.25, 0.3) is 16.0 Å². The van der Waals surface area contributed by atoms with Crippen LogP contribution in [0.25, 0.3) is 5.57 Å². The van der Waals surface area contributed by atoms with E-state index < -0.39 is 48.7 Å². The molecule has 0 saturated carbocycles. The Bertz CT molecular complexity index is 1280. The highest BCUT2D eigenvalue weighted by molar-refractivity contribution is 7.88. The van der Waals surface area contributed by atoms with E-state index >= 15 is 0 Å². The van der Waals surface area contributed by atoms with E-state index in [-0.39, 0.29) is 21.0 Å². The monoisotopic (exact) mass is 424 g/mol. The number of hydrogen-bond acceptors (Lipinski definition) is 6. The van der Waals surface area contributed by atoms with Gasteiger partial charge in [-0.2, -0.15) is 16.8 Å². The topological polar surface area (TPSA) is 161 Å². The number of anilines is 2. The minimum atomic E-state index is -5.18. The van der Waals surface area contributed by atoms with Crippen LogP contribution in [0.1, 0.15) is 17.2 Å². The van der Waals surface area contributed by atoms with Gasteiger partial charge in [0.1, 0.15) is 11.0 Å². The lowest BCUT2D eigenvalue weighted by Gasteiger charge is -2.20. The number of aliphatic hydroxyl groups is 1. The lowest BCUT2D eigenvalue weighted by Crippen LogP contribution is -2.30. The van der Waals surface area contributed by atoms with Gasteiger partial charge in [0, 0.05) is 16.8 Å². The smallest absolute Gasteiger partial charge is 0.364 e. The molecule has 2 aliphatic heterocycles. The third-order valence-electron chi connectivity index (χ3n) is 4.44. The van der Waals surface area contributed by atoms with Crippen LogP contribution in [0.15, 0.2) is 53.1 Å². The van der Waals surface area contributed by atoms with Crippen LogP contribution in [0.4, 0.5) is 11.4 Å². The van der Waals surface area contributed by atoms with Crippen molar-refractivity contribution < 1.29 is 35.8 Å². The van der Waals surface area contributed by atoms with E-state index in [1.807, 2.05) is 0 Å². The van der Waals surface area contributed by atoms with Gasteiger partial charge in [-0.05, 0) is 12.1 Å². The second kappa shape index (κ2) is 5.86. The van der Waals surface area contributed by atoms with Crippen LogP contribution in [-0.2, 0) is 25.2 Å². The highest BCUT2D eigenvalue weighted by atomic mass is 32.2. The Kier molecular flexibility index (Phi) is 3.89. The van der Waals surface area contributed by atoms with Crippen molar-refractivity contribution in [1.82, 2.24) is 0 Å². The molecule has 1 unspecified atom stereocenters. The van der Waals surface area contributed by atoms with E-state index in [0.29, 0.717) is 5.69 Å². The SMILES string of the molecule is O=C1Nc2ccccc2/C1=C1\C(O)c2cccc(S(=O)(=O)O)c2N1S(=O)(=O)O. The number of rotatable bonds is 2. The zero-order valence-electron chi connectivity index (χ0n) is 13.8. The van der Waals surface area contributed by atoms with Crippen LogP contribution in [0.5, 0.6) is 0 Å². The summed E-state index contributed by atoms with van der Waals surface area (Å²) in [5.41, 5.74) is -1.05. The summed E-state index contributed by atoms with van der Waals surface area (Å²) < 4.78 is 67.2. The van der Waals surface area contributed by atoms with Crippen LogP contribution in [0.3, 0.4) is 0 Å². The first kappa shape index (κ1) is 18.6. The molecule has 12 heteroatoms. The number of hydrogen-bond donors (Lipinski definition) is 4. The Morgan fingerprint density at radius 1 is 0.964 bits per heavy atom. The quantitative estimate of drug-likeness (QED) is 0.409. The van der Waals surface area contributed by atoms with Crippen LogP contribution in [0, 0.1) is 0 Å². The summed E-state index contributed by atoms with van der Waals surface area (Å²) in [7, 11) is -10.1. The van der Waals surface area contributed by atoms with Crippen LogP contribution in [-0.4, -0.2) is 37.0 Å². The Balaban J connectivity index is 2.13. The first-order valence-electron chi connectivity index (χ1n) is 7.73. The molecule has 0 spiro atoms. The summed E-state index contributed by atoms with van der Waals surface area (Å²) >= 11 is 0. The lowest BCUT2D eigenvalue weighted by molar-refractivity contribution is -0.110. The van der Waals surface area contributed by atoms with Crippen LogP contribution >= 0.6 is 0 Å². The molecular formula is C16H12N2O8S2. The maximum absolute atomic E-state index is 12.5. The summed E-state index contributed by atoms with van der Waals surface area (Å²) in [6.07, 6.45) is -1.76. The zero-order chi connectivity index (χ0) is 20.4. The van der Waals surface area contributed by atoms with Crippen molar-refractivity contribution in [2.24, 2.45) is 0 Å². The van der Waals surface area contributed by atoms with Crippen molar-refractivity contribution in [2.45, 2.75) is 11.0 Å². The van der Waals surface area contributed by atoms with E-state index in [1.54, 1.807) is 18.2 Å². The molecular weight excluding hydrogens is 412 g/mol. The molecule has 28 heavy (non-hydrogen) atoms. The molecule has 0 saturated heterocycles. The Morgan fingerprint density at radius 3 is 2.29 bits per heavy atom. The predicted octanol–water partition coefficient (Wildman–Crippen LogP) is 0.953. The minimum absolute atomic E-state index is 0.160. The van der Waals surface area contributed by atoms with Gasteiger partial charge in [-0.25, -0.2) is 4.31 Å². The molecule has 2 aromatic rings. The molecule has 146 valence electrons. The second-order valence-corrected chi connectivity index (χ2v) is 8.72. The Labute approximate surface area is 159 Å². The molecule has 0 fully saturated rings. The van der Waals surface area contributed by atoms with Gasteiger partial charge >= 0.3 is 10.3 Å². The molecule has 0 bridgehead atoms. The third kappa shape index (κ3) is 2.62. The summed E-state index contributed by atoms with van der Waals surface area (Å²) in [6.45, 7) is 0. The molecule has 2 aliphatic rings. The summed E-state index contributed by atoms with van der Waals surface area (Å²) in [5, 5.41) is 13.2. The fourth-order valence-corrected chi connectivity index (χ4v) is 5.05. The maximum Gasteiger partial charge on any atom is 0.364 e. The molecule has 0 aromatic heterocycles. The second-order valence-electron chi connectivity index (χ2n) is 6.07. The Hall–Kier alpha value is -2.77. The Morgan fingerprint density at radius 2 is 1.64 bits per heavy atom. The number of para-hydroxylation sites is 2. The van der Waals surface area contributed by atoms with Crippen molar-refractivity contribution in [2.75, 3.05) is 9.62 Å². The van der Waals surface area contributed by atoms with E-state index in [0.717, 1.165) is 6.07 Å². The number of carbonyl (C=O) groups excluding carboxylic acids is 1. The lowest BCUT2D eigenvalue weighted by atomic mass is 10.0. The standard InChI is InChI=1S/C16H12N2O8S2/c19-15-9-5-3-7-11(27(21,22)23)13(9)18(28(24,25)26)14(15)12-8-4-1-2-6-10(8)17-16(12)20/h1-7,15,19H,(H,17,20)(H,21,22,23)(H,24,25,26)/b14-12-. The fraction of sp³-hybridized carbons (Fsp3) is 0.0625. The van der Waals surface area contributed by atoms with Gasteiger partial charge in [-0.1, -0.05) is 30.3 Å². The van der Waals surface area contributed by atoms with Gasteiger partial charge in [-0.15, -0.1) is 0 Å². The van der Waals surface area contributed by atoms with Gasteiger partial charge in [0.15, 0.2) is 0 Å². The number of nitrogens with one attached hydrogen (secondary N) is 1. The minimum Gasteiger partial charge on any atom is -0.382 e. The predicted molar refractivity (Wildman–Crippen MR) is 97.2 cm³/mol. The molecule has 0 radical (unpaired) electrons. The van der Waals surface area contributed by atoms with E-state index in [9.17, 15) is 35.8 Å². The van der Waals surface area contributed by atoms with Gasteiger partial charge in [-0.3, -0.25) is 13.9 Å². The normalized spacial score (nSPS) is 21.5. The average Bonchev–Trinajstić information content (AvgIpc) is 3.07. The van der Waals surface area contributed by atoms with E-state index in [4.69, 9.17) is 0 Å². The van der Waals surface area contributed by atoms with E-state index in [2.05, 4.69) is 5.32 Å². The average molecular weight is 424 g/mol. The first-order chi connectivity index (χ1) is 13.0. The highest BCUT2D eigenvalue weighted by Crippen LogP contribution is 2.50. The molecule has 4 rings (SSSR count).